The molecule has 1 heterocycles. The van der Waals surface area contributed by atoms with E-state index in [9.17, 15) is 9.90 Å². The van der Waals surface area contributed by atoms with Gasteiger partial charge in [0.25, 0.3) is 5.91 Å². The third kappa shape index (κ3) is 3.33. The van der Waals surface area contributed by atoms with Gasteiger partial charge in [-0.05, 0) is 31.0 Å². The molecule has 0 aliphatic carbocycles. The number of anilines is 1. The second-order valence-corrected chi connectivity index (χ2v) is 6.34. The number of fused-ring (bicyclic) bond motifs is 1. The molecule has 2 rings (SSSR count). The molecule has 21 heavy (non-hydrogen) atoms. The number of nitrogens with zero attached hydrogens (tertiary/aromatic N) is 1. The average Bonchev–Trinajstić information content (AvgIpc) is 2.88. The van der Waals surface area contributed by atoms with Gasteiger partial charge in [-0.25, -0.2) is 4.98 Å². The van der Waals surface area contributed by atoms with Crippen LogP contribution in [0.2, 0.25) is 0 Å². The number of aliphatic hydroxyl groups is 1. The van der Waals surface area contributed by atoms with Crippen LogP contribution in [0.4, 0.5) is 5.13 Å². The highest BCUT2D eigenvalue weighted by Gasteiger charge is 2.26. The van der Waals surface area contributed by atoms with E-state index in [1.54, 1.807) is 18.2 Å². The van der Waals surface area contributed by atoms with Crippen molar-refractivity contribution in [3.8, 4) is 0 Å². The van der Waals surface area contributed by atoms with Gasteiger partial charge in [0.15, 0.2) is 5.13 Å². The lowest BCUT2D eigenvalue weighted by Crippen LogP contribution is -2.39. The van der Waals surface area contributed by atoms with Gasteiger partial charge in [0, 0.05) is 17.5 Å². The predicted molar refractivity (Wildman–Crippen MR) is 86.5 cm³/mol. The van der Waals surface area contributed by atoms with Crippen LogP contribution in [0.5, 0.6) is 0 Å². The van der Waals surface area contributed by atoms with Gasteiger partial charge < -0.3 is 16.2 Å². The van der Waals surface area contributed by atoms with Gasteiger partial charge in [0.2, 0.25) is 0 Å². The van der Waals surface area contributed by atoms with E-state index < -0.39 is 0 Å². The predicted octanol–water partition coefficient (Wildman–Crippen LogP) is 2.41. The van der Waals surface area contributed by atoms with Crippen LogP contribution in [0, 0.1) is 5.41 Å². The average molecular weight is 307 g/mol. The van der Waals surface area contributed by atoms with E-state index in [2.05, 4.69) is 10.3 Å². The standard InChI is InChI=1S/C15H21N3O2S/c1-3-15(4-2,9-19)8-17-13(20)10-5-6-11-12(7-10)21-14(16)18-11/h5-7,19H,3-4,8-9H2,1-2H3,(H2,16,18)(H,17,20). The van der Waals surface area contributed by atoms with Gasteiger partial charge >= 0.3 is 0 Å². The molecule has 0 unspecified atom stereocenters. The number of nitrogens with one attached hydrogen (secondary N) is 1. The molecular formula is C15H21N3O2S. The zero-order chi connectivity index (χ0) is 15.5. The van der Waals surface area contributed by atoms with E-state index in [0.29, 0.717) is 17.2 Å². The molecule has 6 heteroatoms. The maximum Gasteiger partial charge on any atom is 0.251 e. The number of hydrogen-bond acceptors (Lipinski definition) is 5. The number of carbonyl (C=O) groups is 1. The molecule has 2 aromatic rings. The normalized spacial score (nSPS) is 11.8. The van der Waals surface area contributed by atoms with Crippen molar-refractivity contribution in [2.24, 2.45) is 5.41 Å². The molecular weight excluding hydrogens is 286 g/mol. The van der Waals surface area contributed by atoms with E-state index in [0.717, 1.165) is 23.1 Å². The Morgan fingerprint density at radius 3 is 2.76 bits per heavy atom. The molecule has 0 saturated carbocycles. The number of nitrogen functional groups attached to an aromatic ring is 1. The van der Waals surface area contributed by atoms with Crippen LogP contribution in [-0.4, -0.2) is 29.1 Å². The van der Waals surface area contributed by atoms with Crippen LogP contribution in [0.15, 0.2) is 18.2 Å². The van der Waals surface area contributed by atoms with E-state index >= 15 is 0 Å². The van der Waals surface area contributed by atoms with Crippen LogP contribution >= 0.6 is 11.3 Å². The van der Waals surface area contributed by atoms with Crippen LogP contribution < -0.4 is 11.1 Å². The Hall–Kier alpha value is -1.66. The second kappa shape index (κ2) is 6.41. The molecule has 1 aromatic carbocycles. The first kappa shape index (κ1) is 15.7. The number of benzene rings is 1. The quantitative estimate of drug-likeness (QED) is 0.764. The Labute approximate surface area is 128 Å². The molecule has 4 N–H and O–H groups in total. The molecule has 0 atom stereocenters. The van der Waals surface area contributed by atoms with Gasteiger partial charge in [0.1, 0.15) is 0 Å². The van der Waals surface area contributed by atoms with Crippen molar-refractivity contribution >= 4 is 32.6 Å². The fourth-order valence-corrected chi connectivity index (χ4v) is 3.01. The number of hydrogen-bond donors (Lipinski definition) is 3. The summed E-state index contributed by atoms with van der Waals surface area (Å²) in [6, 6.07) is 5.35. The summed E-state index contributed by atoms with van der Waals surface area (Å²) in [6.45, 7) is 4.60. The van der Waals surface area contributed by atoms with Crippen molar-refractivity contribution in [1.82, 2.24) is 10.3 Å². The van der Waals surface area contributed by atoms with Crippen LogP contribution in [0.25, 0.3) is 10.2 Å². The molecule has 0 spiro atoms. The van der Waals surface area contributed by atoms with Crippen LogP contribution in [0.3, 0.4) is 0 Å². The van der Waals surface area contributed by atoms with Crippen LogP contribution in [0.1, 0.15) is 37.0 Å². The van der Waals surface area contributed by atoms with Gasteiger partial charge in [-0.15, -0.1) is 0 Å². The molecule has 0 aliphatic heterocycles. The van der Waals surface area contributed by atoms with E-state index in [1.807, 2.05) is 13.8 Å². The maximum absolute atomic E-state index is 12.2. The number of amides is 1. The first-order valence-electron chi connectivity index (χ1n) is 7.08. The molecule has 0 fully saturated rings. The summed E-state index contributed by atoms with van der Waals surface area (Å²) in [6.07, 6.45) is 1.65. The zero-order valence-electron chi connectivity index (χ0n) is 12.3. The molecule has 1 aromatic heterocycles. The maximum atomic E-state index is 12.2. The molecule has 5 nitrogen and oxygen atoms in total. The molecule has 114 valence electrons. The minimum atomic E-state index is -0.241. The summed E-state index contributed by atoms with van der Waals surface area (Å²) in [5.74, 6) is -0.136. The number of carbonyl (C=O) groups excluding carboxylic acids is 1. The topological polar surface area (TPSA) is 88.2 Å². The van der Waals surface area contributed by atoms with Crippen molar-refractivity contribution in [3.05, 3.63) is 23.8 Å². The highest BCUT2D eigenvalue weighted by atomic mass is 32.1. The lowest BCUT2D eigenvalue weighted by atomic mass is 9.83. The van der Waals surface area contributed by atoms with Crippen molar-refractivity contribution in [2.75, 3.05) is 18.9 Å². The van der Waals surface area contributed by atoms with Crippen molar-refractivity contribution in [1.29, 1.82) is 0 Å². The van der Waals surface area contributed by atoms with E-state index in [-0.39, 0.29) is 17.9 Å². The Bertz CT molecular complexity index is 627. The van der Waals surface area contributed by atoms with Gasteiger partial charge in [-0.3, -0.25) is 4.79 Å². The number of aromatic nitrogens is 1. The highest BCUT2D eigenvalue weighted by molar-refractivity contribution is 7.22. The third-order valence-electron chi connectivity index (χ3n) is 4.13. The SMILES string of the molecule is CCC(CC)(CO)CNC(=O)c1ccc2nc(N)sc2c1. The second-order valence-electron chi connectivity index (χ2n) is 5.28. The minimum absolute atomic E-state index is 0.0741. The fraction of sp³-hybridized carbons (Fsp3) is 0.467. The Kier molecular flexibility index (Phi) is 4.80. The summed E-state index contributed by atoms with van der Waals surface area (Å²) in [4.78, 5) is 16.4. The molecule has 1 amide bonds. The lowest BCUT2D eigenvalue weighted by Gasteiger charge is -2.29. The lowest BCUT2D eigenvalue weighted by molar-refractivity contribution is 0.0851. The highest BCUT2D eigenvalue weighted by Crippen LogP contribution is 2.26. The van der Waals surface area contributed by atoms with Crippen molar-refractivity contribution in [2.45, 2.75) is 26.7 Å². The first-order valence-corrected chi connectivity index (χ1v) is 7.90. The molecule has 0 aliphatic rings. The van der Waals surface area contributed by atoms with Gasteiger partial charge in [-0.1, -0.05) is 25.2 Å². The smallest absolute Gasteiger partial charge is 0.251 e. The summed E-state index contributed by atoms with van der Waals surface area (Å²) in [5.41, 5.74) is 6.82. The van der Waals surface area contributed by atoms with Crippen LogP contribution in [-0.2, 0) is 0 Å². The molecule has 0 radical (unpaired) electrons. The number of nitrogens with two attached hydrogens (primary N) is 1. The Morgan fingerprint density at radius 2 is 2.14 bits per heavy atom. The number of aliphatic hydroxyl groups excluding tert-OH is 1. The number of thiazole rings is 1. The first-order chi connectivity index (χ1) is 10.0. The summed E-state index contributed by atoms with van der Waals surface area (Å²) >= 11 is 1.37. The van der Waals surface area contributed by atoms with E-state index in [1.165, 1.54) is 11.3 Å². The van der Waals surface area contributed by atoms with Gasteiger partial charge in [-0.2, -0.15) is 0 Å². The Morgan fingerprint density at radius 1 is 1.43 bits per heavy atom. The van der Waals surface area contributed by atoms with Crippen molar-refractivity contribution < 1.29 is 9.90 Å². The largest absolute Gasteiger partial charge is 0.396 e. The van der Waals surface area contributed by atoms with Gasteiger partial charge in [0.05, 0.1) is 16.8 Å². The fourth-order valence-electron chi connectivity index (χ4n) is 2.23. The Balaban J connectivity index is 2.11. The summed E-state index contributed by atoms with van der Waals surface area (Å²) in [7, 11) is 0. The summed E-state index contributed by atoms with van der Waals surface area (Å²) in [5, 5.41) is 12.9. The third-order valence-corrected chi connectivity index (χ3v) is 4.97. The van der Waals surface area contributed by atoms with Crippen molar-refractivity contribution in [3.63, 3.8) is 0 Å². The minimum Gasteiger partial charge on any atom is -0.396 e. The summed E-state index contributed by atoms with van der Waals surface area (Å²) < 4.78 is 0.902. The molecule has 0 saturated heterocycles. The number of rotatable bonds is 6. The van der Waals surface area contributed by atoms with E-state index in [4.69, 9.17) is 5.73 Å². The monoisotopic (exact) mass is 307 g/mol. The zero-order valence-corrected chi connectivity index (χ0v) is 13.2. The molecule has 0 bridgehead atoms.